The first-order valence-corrected chi connectivity index (χ1v) is 7.42. The van der Waals surface area contributed by atoms with Crippen molar-refractivity contribution in [1.29, 1.82) is 5.26 Å². The average Bonchev–Trinajstić information content (AvgIpc) is 3.12. The van der Waals surface area contributed by atoms with E-state index in [-0.39, 0.29) is 0 Å². The molecule has 0 aliphatic heterocycles. The van der Waals surface area contributed by atoms with Gasteiger partial charge in [0, 0.05) is 22.8 Å². The summed E-state index contributed by atoms with van der Waals surface area (Å²) in [6.07, 6.45) is 9.79. The third-order valence-electron chi connectivity index (χ3n) is 3.51. The predicted molar refractivity (Wildman–Crippen MR) is 76.7 cm³/mol. The number of aromatic nitrogens is 2. The van der Waals surface area contributed by atoms with E-state index in [0.29, 0.717) is 0 Å². The number of imidazole rings is 1. The molecule has 0 amide bonds. The second-order valence-corrected chi connectivity index (χ2v) is 5.84. The predicted octanol–water partition coefficient (Wildman–Crippen LogP) is 4.11. The minimum absolute atomic E-state index is 0.760. The summed E-state index contributed by atoms with van der Waals surface area (Å²) in [5.41, 5.74) is 2.70. The summed E-state index contributed by atoms with van der Waals surface area (Å²) < 4.78 is 0. The van der Waals surface area contributed by atoms with Crippen LogP contribution in [0.5, 0.6) is 0 Å². The molecular formula is C15H15N3S. The van der Waals surface area contributed by atoms with E-state index < -0.39 is 0 Å². The minimum atomic E-state index is 0.760. The first-order valence-electron chi connectivity index (χ1n) is 6.60. The van der Waals surface area contributed by atoms with E-state index in [0.717, 1.165) is 28.4 Å². The zero-order chi connectivity index (χ0) is 13.1. The molecule has 0 spiro atoms. The number of nitrogens with one attached hydrogen (secondary N) is 1. The summed E-state index contributed by atoms with van der Waals surface area (Å²) in [6.45, 7) is 0. The van der Waals surface area contributed by atoms with Gasteiger partial charge in [-0.2, -0.15) is 5.26 Å². The van der Waals surface area contributed by atoms with Crippen molar-refractivity contribution in [3.8, 4) is 6.07 Å². The van der Waals surface area contributed by atoms with E-state index in [4.69, 9.17) is 5.26 Å². The van der Waals surface area contributed by atoms with Gasteiger partial charge in [0.1, 0.15) is 16.8 Å². The summed E-state index contributed by atoms with van der Waals surface area (Å²) >= 11 is 1.55. The van der Waals surface area contributed by atoms with Crippen LogP contribution in [0, 0.1) is 11.3 Å². The van der Waals surface area contributed by atoms with E-state index in [1.54, 1.807) is 17.5 Å². The van der Waals surface area contributed by atoms with Crippen LogP contribution in [0.15, 0.2) is 30.1 Å². The smallest absolute Gasteiger partial charge is 0.138 e. The van der Waals surface area contributed by atoms with Crippen LogP contribution in [0.25, 0.3) is 5.57 Å². The van der Waals surface area contributed by atoms with Crippen molar-refractivity contribution in [2.24, 2.45) is 0 Å². The molecule has 2 aromatic rings. The first-order chi connectivity index (χ1) is 9.38. The summed E-state index contributed by atoms with van der Waals surface area (Å²) in [6, 6.07) is 6.16. The van der Waals surface area contributed by atoms with Gasteiger partial charge < -0.3 is 4.98 Å². The number of nitrogens with zero attached hydrogens (tertiary/aromatic N) is 2. The van der Waals surface area contributed by atoms with Gasteiger partial charge in [-0.05, 0) is 37.8 Å². The van der Waals surface area contributed by atoms with Gasteiger partial charge in [-0.25, -0.2) is 4.98 Å². The van der Waals surface area contributed by atoms with Gasteiger partial charge in [0.15, 0.2) is 0 Å². The summed E-state index contributed by atoms with van der Waals surface area (Å²) in [4.78, 5) is 9.54. The SMILES string of the molecule is N#Cc1ccc(C(=C2CCCCC2)c2ncc[nH]2)s1. The molecule has 1 N–H and O–H groups in total. The molecule has 0 atom stereocenters. The Hall–Kier alpha value is -1.86. The third kappa shape index (κ3) is 2.47. The Kier molecular flexibility index (Phi) is 3.47. The molecule has 1 aliphatic rings. The van der Waals surface area contributed by atoms with Crippen molar-refractivity contribution in [2.75, 3.05) is 0 Å². The molecule has 2 heterocycles. The molecule has 1 saturated carbocycles. The molecule has 0 bridgehead atoms. The van der Waals surface area contributed by atoms with Crippen LogP contribution in [0.1, 0.15) is 47.7 Å². The van der Waals surface area contributed by atoms with Crippen LogP contribution in [-0.4, -0.2) is 9.97 Å². The van der Waals surface area contributed by atoms with E-state index >= 15 is 0 Å². The average molecular weight is 269 g/mol. The second-order valence-electron chi connectivity index (χ2n) is 4.75. The molecule has 0 saturated heterocycles. The lowest BCUT2D eigenvalue weighted by Crippen LogP contribution is -2.00. The molecule has 96 valence electrons. The van der Waals surface area contributed by atoms with E-state index in [2.05, 4.69) is 16.0 Å². The Balaban J connectivity index is 2.09. The molecule has 0 unspecified atom stereocenters. The lowest BCUT2D eigenvalue weighted by Gasteiger charge is -2.17. The van der Waals surface area contributed by atoms with Gasteiger partial charge in [0.05, 0.1) is 0 Å². The highest BCUT2D eigenvalue weighted by atomic mass is 32.1. The molecule has 4 heteroatoms. The fourth-order valence-corrected chi connectivity index (χ4v) is 3.52. The van der Waals surface area contributed by atoms with Gasteiger partial charge in [-0.1, -0.05) is 12.0 Å². The molecule has 1 fully saturated rings. The Bertz CT molecular complexity index is 621. The van der Waals surface area contributed by atoms with Gasteiger partial charge in [0.2, 0.25) is 0 Å². The van der Waals surface area contributed by atoms with Crippen molar-refractivity contribution in [3.63, 3.8) is 0 Å². The van der Waals surface area contributed by atoms with E-state index in [1.807, 2.05) is 18.3 Å². The maximum absolute atomic E-state index is 8.99. The summed E-state index contributed by atoms with van der Waals surface area (Å²) in [5, 5.41) is 8.99. The number of aromatic amines is 1. The number of hydrogen-bond acceptors (Lipinski definition) is 3. The fourth-order valence-electron chi connectivity index (χ4n) is 2.62. The van der Waals surface area contributed by atoms with Crippen LogP contribution in [0.4, 0.5) is 0 Å². The molecule has 2 aromatic heterocycles. The standard InChI is InChI=1S/C15H15N3S/c16-10-12-6-7-13(19-12)14(15-17-8-9-18-15)11-4-2-1-3-5-11/h6-9H,1-5H2,(H,17,18). The number of rotatable bonds is 2. The Labute approximate surface area is 116 Å². The van der Waals surface area contributed by atoms with E-state index in [1.165, 1.54) is 30.4 Å². The maximum atomic E-state index is 8.99. The molecule has 1 aliphatic carbocycles. The summed E-state index contributed by atoms with van der Waals surface area (Å²) in [7, 11) is 0. The van der Waals surface area contributed by atoms with Crippen molar-refractivity contribution in [3.05, 3.63) is 45.7 Å². The van der Waals surface area contributed by atoms with Gasteiger partial charge in [0.25, 0.3) is 0 Å². The highest BCUT2D eigenvalue weighted by molar-refractivity contribution is 7.13. The quantitative estimate of drug-likeness (QED) is 0.892. The molecule has 0 aromatic carbocycles. The molecule has 19 heavy (non-hydrogen) atoms. The topological polar surface area (TPSA) is 52.5 Å². The van der Waals surface area contributed by atoms with Gasteiger partial charge in [-0.3, -0.25) is 0 Å². The van der Waals surface area contributed by atoms with Crippen molar-refractivity contribution in [2.45, 2.75) is 32.1 Å². The number of H-pyrrole nitrogens is 1. The van der Waals surface area contributed by atoms with Crippen molar-refractivity contribution in [1.82, 2.24) is 9.97 Å². The number of allylic oxidation sites excluding steroid dienone is 1. The highest BCUT2D eigenvalue weighted by Crippen LogP contribution is 2.36. The Morgan fingerprint density at radius 1 is 1.26 bits per heavy atom. The summed E-state index contributed by atoms with van der Waals surface area (Å²) in [5.74, 6) is 0.934. The number of thiophene rings is 1. The number of nitriles is 1. The lowest BCUT2D eigenvalue weighted by atomic mass is 9.90. The lowest BCUT2D eigenvalue weighted by molar-refractivity contribution is 0.600. The first kappa shape index (κ1) is 12.2. The van der Waals surface area contributed by atoms with Crippen LogP contribution < -0.4 is 0 Å². The second kappa shape index (κ2) is 5.41. The molecular weight excluding hydrogens is 254 g/mol. The van der Waals surface area contributed by atoms with Gasteiger partial charge in [-0.15, -0.1) is 11.3 Å². The molecule has 3 rings (SSSR count). The largest absolute Gasteiger partial charge is 0.345 e. The maximum Gasteiger partial charge on any atom is 0.138 e. The van der Waals surface area contributed by atoms with Crippen LogP contribution in [-0.2, 0) is 0 Å². The zero-order valence-electron chi connectivity index (χ0n) is 10.6. The minimum Gasteiger partial charge on any atom is -0.345 e. The Morgan fingerprint density at radius 3 is 2.74 bits per heavy atom. The molecule has 0 radical (unpaired) electrons. The van der Waals surface area contributed by atoms with Gasteiger partial charge >= 0.3 is 0 Å². The highest BCUT2D eigenvalue weighted by Gasteiger charge is 2.18. The van der Waals surface area contributed by atoms with Crippen molar-refractivity contribution >= 4 is 16.9 Å². The fraction of sp³-hybridized carbons (Fsp3) is 0.333. The molecule has 3 nitrogen and oxygen atoms in total. The monoisotopic (exact) mass is 269 g/mol. The Morgan fingerprint density at radius 2 is 2.11 bits per heavy atom. The third-order valence-corrected chi connectivity index (χ3v) is 4.52. The van der Waals surface area contributed by atoms with Crippen LogP contribution >= 0.6 is 11.3 Å². The van der Waals surface area contributed by atoms with E-state index in [9.17, 15) is 0 Å². The van der Waals surface area contributed by atoms with Crippen LogP contribution in [0.2, 0.25) is 0 Å². The normalized spacial score (nSPS) is 15.2. The van der Waals surface area contributed by atoms with Crippen molar-refractivity contribution < 1.29 is 0 Å². The zero-order valence-corrected chi connectivity index (χ0v) is 11.5. The van der Waals surface area contributed by atoms with Crippen LogP contribution in [0.3, 0.4) is 0 Å². The number of hydrogen-bond donors (Lipinski definition) is 1.